The van der Waals surface area contributed by atoms with Crippen LogP contribution in [0.4, 0.5) is 5.82 Å². The van der Waals surface area contributed by atoms with Crippen molar-refractivity contribution >= 4 is 39.7 Å². The molecule has 90 valence electrons. The Morgan fingerprint density at radius 2 is 2.24 bits per heavy atom. The van der Waals surface area contributed by atoms with Crippen molar-refractivity contribution in [2.24, 2.45) is 0 Å². The first-order valence-electron chi connectivity index (χ1n) is 5.40. The van der Waals surface area contributed by atoms with Crippen molar-refractivity contribution < 1.29 is 0 Å². The molecular formula is C11H13IN4S. The van der Waals surface area contributed by atoms with E-state index in [-0.39, 0.29) is 0 Å². The van der Waals surface area contributed by atoms with Gasteiger partial charge in [-0.05, 0) is 35.9 Å². The first-order chi connectivity index (χ1) is 8.22. The highest BCUT2D eigenvalue weighted by molar-refractivity contribution is 14.1. The summed E-state index contributed by atoms with van der Waals surface area (Å²) in [7, 11) is 0. The van der Waals surface area contributed by atoms with E-state index in [4.69, 9.17) is 0 Å². The number of nitrogens with one attached hydrogen (secondary N) is 1. The minimum atomic E-state index is 0.705. The molecule has 0 aromatic carbocycles. The topological polar surface area (TPSA) is 50.7 Å². The number of aryl methyl sites for hydroxylation is 1. The molecule has 0 aliphatic carbocycles. The molecule has 0 amide bonds. The largest absolute Gasteiger partial charge is 0.369 e. The van der Waals surface area contributed by atoms with Gasteiger partial charge >= 0.3 is 0 Å². The monoisotopic (exact) mass is 360 g/mol. The van der Waals surface area contributed by atoms with Crippen LogP contribution in [0.5, 0.6) is 0 Å². The van der Waals surface area contributed by atoms with Gasteiger partial charge in [-0.2, -0.15) is 0 Å². The van der Waals surface area contributed by atoms with Gasteiger partial charge in [0.25, 0.3) is 0 Å². The predicted octanol–water partition coefficient (Wildman–Crippen LogP) is 3.34. The fraction of sp³-hybridized carbons (Fsp3) is 0.364. The third kappa shape index (κ3) is 2.92. The summed E-state index contributed by atoms with van der Waals surface area (Å²) in [6.45, 7) is 5.05. The summed E-state index contributed by atoms with van der Waals surface area (Å²) in [5, 5.41) is 6.12. The van der Waals surface area contributed by atoms with E-state index in [1.165, 1.54) is 0 Å². The molecule has 0 saturated heterocycles. The summed E-state index contributed by atoms with van der Waals surface area (Å²) >= 11 is 3.83. The van der Waals surface area contributed by atoms with Gasteiger partial charge in [-0.1, -0.05) is 6.92 Å². The lowest BCUT2D eigenvalue weighted by molar-refractivity contribution is 0.958. The van der Waals surface area contributed by atoms with Gasteiger partial charge in [0.15, 0.2) is 10.8 Å². The fourth-order valence-corrected chi connectivity index (χ4v) is 2.35. The number of halogens is 1. The Hall–Kier alpha value is -0.760. The SMILES string of the molecule is CCCNc1nc(-c2nccs2)nc(C)c1I. The van der Waals surface area contributed by atoms with Crippen molar-refractivity contribution in [2.45, 2.75) is 20.3 Å². The standard InChI is InChI=1S/C11H13IN4S/c1-3-4-13-9-8(12)7(2)15-10(16-9)11-14-5-6-17-11/h5-6H,3-4H2,1-2H3,(H,13,15,16). The number of hydrogen-bond acceptors (Lipinski definition) is 5. The van der Waals surface area contributed by atoms with Crippen LogP contribution in [0.2, 0.25) is 0 Å². The molecule has 6 heteroatoms. The molecule has 0 spiro atoms. The smallest absolute Gasteiger partial charge is 0.190 e. The second-order valence-corrected chi connectivity index (χ2v) is 5.53. The Balaban J connectivity index is 2.39. The van der Waals surface area contributed by atoms with Crippen LogP contribution in [0.3, 0.4) is 0 Å². The van der Waals surface area contributed by atoms with Crippen molar-refractivity contribution in [3.05, 3.63) is 20.8 Å². The number of anilines is 1. The van der Waals surface area contributed by atoms with Gasteiger partial charge in [-0.3, -0.25) is 0 Å². The van der Waals surface area contributed by atoms with Crippen LogP contribution in [0.1, 0.15) is 19.0 Å². The number of hydrogen-bond donors (Lipinski definition) is 1. The van der Waals surface area contributed by atoms with Gasteiger partial charge in [0.1, 0.15) is 5.82 Å². The fourth-order valence-electron chi connectivity index (χ4n) is 1.35. The van der Waals surface area contributed by atoms with E-state index in [2.05, 4.69) is 49.8 Å². The molecule has 4 nitrogen and oxygen atoms in total. The first-order valence-corrected chi connectivity index (χ1v) is 7.36. The van der Waals surface area contributed by atoms with Crippen LogP contribution in [0.15, 0.2) is 11.6 Å². The lowest BCUT2D eigenvalue weighted by Crippen LogP contribution is -2.07. The van der Waals surface area contributed by atoms with Crippen molar-refractivity contribution in [3.8, 4) is 10.8 Å². The molecule has 0 aliphatic heterocycles. The Bertz CT molecular complexity index is 498. The molecule has 0 fully saturated rings. The average molecular weight is 360 g/mol. The zero-order chi connectivity index (χ0) is 12.3. The average Bonchev–Trinajstić information content (AvgIpc) is 2.84. The van der Waals surface area contributed by atoms with Gasteiger partial charge in [-0.25, -0.2) is 15.0 Å². The Morgan fingerprint density at radius 1 is 1.41 bits per heavy atom. The molecule has 2 aromatic heterocycles. The highest BCUT2D eigenvalue weighted by atomic mass is 127. The Kier molecular flexibility index (Phi) is 4.27. The second kappa shape index (κ2) is 5.72. The molecule has 0 atom stereocenters. The lowest BCUT2D eigenvalue weighted by atomic mass is 10.4. The van der Waals surface area contributed by atoms with Crippen LogP contribution in [0.25, 0.3) is 10.8 Å². The summed E-state index contributed by atoms with van der Waals surface area (Å²) in [6, 6.07) is 0. The zero-order valence-corrected chi connectivity index (χ0v) is 12.7. The van der Waals surface area contributed by atoms with Crippen molar-refractivity contribution in [2.75, 3.05) is 11.9 Å². The van der Waals surface area contributed by atoms with E-state index in [1.807, 2.05) is 12.3 Å². The molecule has 0 unspecified atom stereocenters. The molecule has 0 bridgehead atoms. The number of aromatic nitrogens is 3. The van der Waals surface area contributed by atoms with Gasteiger partial charge in [0.05, 0.1) is 9.26 Å². The molecule has 2 aromatic rings. The number of thiazole rings is 1. The highest BCUT2D eigenvalue weighted by Crippen LogP contribution is 2.24. The quantitative estimate of drug-likeness (QED) is 0.850. The van der Waals surface area contributed by atoms with Crippen LogP contribution in [-0.2, 0) is 0 Å². The summed E-state index contributed by atoms with van der Waals surface area (Å²) in [5.74, 6) is 1.61. The minimum Gasteiger partial charge on any atom is -0.369 e. The molecule has 0 radical (unpaired) electrons. The summed E-state index contributed by atoms with van der Waals surface area (Å²) in [4.78, 5) is 13.2. The highest BCUT2D eigenvalue weighted by Gasteiger charge is 2.11. The van der Waals surface area contributed by atoms with E-state index in [1.54, 1.807) is 17.5 Å². The molecule has 0 saturated carbocycles. The zero-order valence-electron chi connectivity index (χ0n) is 9.70. The minimum absolute atomic E-state index is 0.705. The Morgan fingerprint density at radius 3 is 2.88 bits per heavy atom. The van der Waals surface area contributed by atoms with Crippen molar-refractivity contribution in [3.63, 3.8) is 0 Å². The van der Waals surface area contributed by atoms with Gasteiger partial charge in [0, 0.05) is 18.1 Å². The maximum atomic E-state index is 4.53. The second-order valence-electron chi connectivity index (χ2n) is 3.56. The normalized spacial score (nSPS) is 10.5. The van der Waals surface area contributed by atoms with Gasteiger partial charge < -0.3 is 5.32 Å². The van der Waals surface area contributed by atoms with E-state index >= 15 is 0 Å². The third-order valence-corrected chi connectivity index (χ3v) is 4.24. The number of nitrogens with zero attached hydrogens (tertiary/aromatic N) is 3. The van der Waals surface area contributed by atoms with E-state index in [0.717, 1.165) is 33.1 Å². The lowest BCUT2D eigenvalue weighted by Gasteiger charge is -2.09. The van der Waals surface area contributed by atoms with Crippen molar-refractivity contribution in [1.82, 2.24) is 15.0 Å². The molecular weight excluding hydrogens is 347 g/mol. The van der Waals surface area contributed by atoms with Crippen LogP contribution in [-0.4, -0.2) is 21.5 Å². The summed E-state index contributed by atoms with van der Waals surface area (Å²) < 4.78 is 1.08. The summed E-state index contributed by atoms with van der Waals surface area (Å²) in [5.41, 5.74) is 0.990. The van der Waals surface area contributed by atoms with Gasteiger partial charge in [-0.15, -0.1) is 11.3 Å². The van der Waals surface area contributed by atoms with Crippen molar-refractivity contribution in [1.29, 1.82) is 0 Å². The maximum Gasteiger partial charge on any atom is 0.190 e. The Labute approximate surface area is 118 Å². The molecule has 2 rings (SSSR count). The van der Waals surface area contributed by atoms with E-state index in [9.17, 15) is 0 Å². The molecule has 0 aliphatic rings. The van der Waals surface area contributed by atoms with E-state index < -0.39 is 0 Å². The molecule has 2 heterocycles. The molecule has 17 heavy (non-hydrogen) atoms. The predicted molar refractivity (Wildman–Crippen MR) is 79.4 cm³/mol. The van der Waals surface area contributed by atoms with E-state index in [0.29, 0.717) is 5.82 Å². The first kappa shape index (κ1) is 12.7. The third-order valence-electron chi connectivity index (χ3n) is 2.18. The molecule has 1 N–H and O–H groups in total. The van der Waals surface area contributed by atoms with Crippen LogP contribution in [0, 0.1) is 10.5 Å². The van der Waals surface area contributed by atoms with Crippen LogP contribution < -0.4 is 5.32 Å². The maximum absolute atomic E-state index is 4.53. The summed E-state index contributed by atoms with van der Waals surface area (Å²) in [6.07, 6.45) is 2.85. The number of rotatable bonds is 4. The van der Waals surface area contributed by atoms with Crippen LogP contribution >= 0.6 is 33.9 Å². The van der Waals surface area contributed by atoms with Gasteiger partial charge in [0.2, 0.25) is 0 Å².